The Balaban J connectivity index is 2.62. The summed E-state index contributed by atoms with van der Waals surface area (Å²) in [6, 6.07) is 5.10. The van der Waals surface area contributed by atoms with E-state index >= 15 is 0 Å². The first-order valence-electron chi connectivity index (χ1n) is 7.79. The highest BCUT2D eigenvalue weighted by molar-refractivity contribution is 6.02. The van der Waals surface area contributed by atoms with Gasteiger partial charge in [-0.2, -0.15) is 0 Å². The Kier molecular flexibility index (Phi) is 5.41. The number of carbonyl (C=O) groups is 3. The molecule has 0 bridgehead atoms. The van der Waals surface area contributed by atoms with Gasteiger partial charge in [0.15, 0.2) is 5.78 Å². The van der Waals surface area contributed by atoms with Crippen molar-refractivity contribution in [2.24, 2.45) is 11.8 Å². The smallest absolute Gasteiger partial charge is 0.316 e. The fraction of sp³-hybridized carbons (Fsp3) is 0.471. The molecule has 4 atom stereocenters. The van der Waals surface area contributed by atoms with E-state index in [1.54, 1.807) is 0 Å². The lowest BCUT2D eigenvalue weighted by Crippen LogP contribution is -2.55. The second-order valence-corrected chi connectivity index (χ2v) is 6.38. The average molecular weight is 365 g/mol. The summed E-state index contributed by atoms with van der Waals surface area (Å²) in [6.07, 6.45) is -0.421. The summed E-state index contributed by atoms with van der Waals surface area (Å²) in [5, 5.41) is 21.5. The second kappa shape index (κ2) is 7.20. The van der Waals surface area contributed by atoms with Crippen molar-refractivity contribution in [1.29, 1.82) is 0 Å². The molecule has 1 saturated carbocycles. The molecule has 1 aliphatic carbocycles. The fourth-order valence-corrected chi connectivity index (χ4v) is 3.49. The Morgan fingerprint density at radius 3 is 2.19 bits per heavy atom. The first-order valence-corrected chi connectivity index (χ1v) is 7.79. The van der Waals surface area contributed by atoms with Crippen LogP contribution in [-0.2, 0) is 23.9 Å². The van der Waals surface area contributed by atoms with Gasteiger partial charge in [0.25, 0.3) is 5.69 Å². The third-order valence-corrected chi connectivity index (χ3v) is 4.67. The zero-order valence-corrected chi connectivity index (χ0v) is 14.5. The van der Waals surface area contributed by atoms with Crippen LogP contribution in [0.3, 0.4) is 0 Å². The van der Waals surface area contributed by atoms with E-state index in [-0.39, 0.29) is 5.69 Å². The lowest BCUT2D eigenvalue weighted by molar-refractivity contribution is -0.384. The molecule has 1 aromatic carbocycles. The van der Waals surface area contributed by atoms with Gasteiger partial charge in [-0.05, 0) is 12.5 Å². The molecule has 1 aromatic rings. The number of benzene rings is 1. The summed E-state index contributed by atoms with van der Waals surface area (Å²) < 4.78 is 9.47. The van der Waals surface area contributed by atoms with E-state index < -0.39 is 52.4 Å². The fourth-order valence-electron chi connectivity index (χ4n) is 3.49. The second-order valence-electron chi connectivity index (χ2n) is 6.38. The monoisotopic (exact) mass is 365 g/mol. The van der Waals surface area contributed by atoms with Gasteiger partial charge in [-0.15, -0.1) is 0 Å². The largest absolute Gasteiger partial charge is 0.469 e. The quantitative estimate of drug-likeness (QED) is 0.361. The number of carbonyl (C=O) groups excluding carboxylic acids is 3. The van der Waals surface area contributed by atoms with E-state index in [0.29, 0.717) is 5.56 Å². The average Bonchev–Trinajstić information content (AvgIpc) is 2.59. The lowest BCUT2D eigenvalue weighted by atomic mass is 9.62. The number of nitro benzene ring substituents is 1. The van der Waals surface area contributed by atoms with Crippen LogP contribution in [0, 0.1) is 22.0 Å². The minimum atomic E-state index is -1.75. The molecular formula is C17H19NO8. The SMILES string of the molecule is COC(=O)[C@H]1C(=O)C[C@@](C)(O)[C@@H](C(=O)OC)[C@@H]1c1ccc([N+](=O)[O-])cc1. The minimum absolute atomic E-state index is 0.188. The molecule has 0 aliphatic heterocycles. The molecule has 0 heterocycles. The number of hydrogen-bond donors (Lipinski definition) is 1. The van der Waals surface area contributed by atoms with Crippen molar-refractivity contribution in [1.82, 2.24) is 0 Å². The van der Waals surface area contributed by atoms with E-state index in [1.807, 2.05) is 0 Å². The zero-order valence-electron chi connectivity index (χ0n) is 14.5. The normalized spacial score (nSPS) is 28.3. The molecular weight excluding hydrogens is 346 g/mol. The molecule has 9 heteroatoms. The summed E-state index contributed by atoms with van der Waals surface area (Å²) in [7, 11) is 2.25. The summed E-state index contributed by atoms with van der Waals surface area (Å²) in [4.78, 5) is 47.3. The Labute approximate surface area is 149 Å². The number of esters is 2. The minimum Gasteiger partial charge on any atom is -0.469 e. The Hall–Kier alpha value is -2.81. The first-order chi connectivity index (χ1) is 12.1. The molecule has 140 valence electrons. The maximum atomic E-state index is 12.5. The van der Waals surface area contributed by atoms with Crippen molar-refractivity contribution in [2.75, 3.05) is 14.2 Å². The number of aliphatic hydroxyl groups is 1. The van der Waals surface area contributed by atoms with Gasteiger partial charge in [0.05, 0.1) is 30.7 Å². The molecule has 0 unspecified atom stereocenters. The van der Waals surface area contributed by atoms with E-state index in [1.165, 1.54) is 31.2 Å². The molecule has 0 spiro atoms. The van der Waals surface area contributed by atoms with Crippen LogP contribution in [-0.4, -0.2) is 47.6 Å². The number of nitrogens with zero attached hydrogens (tertiary/aromatic N) is 1. The van der Waals surface area contributed by atoms with E-state index in [9.17, 15) is 29.6 Å². The number of methoxy groups -OCH3 is 2. The molecule has 0 aromatic heterocycles. The van der Waals surface area contributed by atoms with Gasteiger partial charge < -0.3 is 14.6 Å². The molecule has 1 aliphatic rings. The standard InChI is InChI=1S/C17H19NO8/c1-17(22)8-11(19)13(15(20)25-2)12(14(17)16(21)26-3)9-4-6-10(7-5-9)18(23)24/h4-7,12-14,22H,8H2,1-3H3/t12-,13+,14-,17-/m1/s1. The lowest BCUT2D eigenvalue weighted by Gasteiger charge is -2.43. The molecule has 0 saturated heterocycles. The number of ketones is 1. The van der Waals surface area contributed by atoms with Crippen LogP contribution in [0.2, 0.25) is 0 Å². The van der Waals surface area contributed by atoms with Crippen molar-refractivity contribution >= 4 is 23.4 Å². The number of ether oxygens (including phenoxy) is 2. The third-order valence-electron chi connectivity index (χ3n) is 4.67. The van der Waals surface area contributed by atoms with Gasteiger partial charge in [-0.3, -0.25) is 24.5 Å². The predicted octanol–water partition coefficient (Wildman–Crippen LogP) is 0.981. The summed E-state index contributed by atoms with van der Waals surface area (Å²) >= 11 is 0. The van der Waals surface area contributed by atoms with E-state index in [0.717, 1.165) is 14.2 Å². The van der Waals surface area contributed by atoms with Crippen LogP contribution in [0.1, 0.15) is 24.8 Å². The van der Waals surface area contributed by atoms with Crippen LogP contribution in [0.15, 0.2) is 24.3 Å². The Bertz CT molecular complexity index is 740. The highest BCUT2D eigenvalue weighted by atomic mass is 16.6. The number of Topliss-reactive ketones (excluding diaryl/α,β-unsaturated/α-hetero) is 1. The number of hydrogen-bond acceptors (Lipinski definition) is 8. The van der Waals surface area contributed by atoms with Crippen LogP contribution in [0.4, 0.5) is 5.69 Å². The molecule has 0 radical (unpaired) electrons. The third kappa shape index (κ3) is 3.43. The topological polar surface area (TPSA) is 133 Å². The molecule has 9 nitrogen and oxygen atoms in total. The Morgan fingerprint density at radius 2 is 1.73 bits per heavy atom. The Morgan fingerprint density at radius 1 is 1.19 bits per heavy atom. The summed E-state index contributed by atoms with van der Waals surface area (Å²) in [5.74, 6) is -5.85. The molecule has 1 N–H and O–H groups in total. The van der Waals surface area contributed by atoms with Crippen molar-refractivity contribution in [2.45, 2.75) is 24.9 Å². The van der Waals surface area contributed by atoms with Crippen LogP contribution in [0.5, 0.6) is 0 Å². The summed E-state index contributed by atoms with van der Waals surface area (Å²) in [6.45, 7) is 1.32. The molecule has 0 amide bonds. The van der Waals surface area contributed by atoms with Gasteiger partial charge in [0, 0.05) is 24.5 Å². The van der Waals surface area contributed by atoms with Crippen molar-refractivity contribution in [3.8, 4) is 0 Å². The highest BCUT2D eigenvalue weighted by Crippen LogP contribution is 2.46. The van der Waals surface area contributed by atoms with Crippen LogP contribution in [0.25, 0.3) is 0 Å². The number of rotatable bonds is 4. The number of nitro groups is 1. The van der Waals surface area contributed by atoms with Crippen LogP contribution >= 0.6 is 0 Å². The maximum absolute atomic E-state index is 12.5. The van der Waals surface area contributed by atoms with Crippen molar-refractivity contribution < 1.29 is 33.9 Å². The maximum Gasteiger partial charge on any atom is 0.316 e. The van der Waals surface area contributed by atoms with Gasteiger partial charge >= 0.3 is 11.9 Å². The molecule has 1 fully saturated rings. The highest BCUT2D eigenvalue weighted by Gasteiger charge is 2.56. The van der Waals surface area contributed by atoms with Gasteiger partial charge in [-0.1, -0.05) is 12.1 Å². The van der Waals surface area contributed by atoms with Crippen molar-refractivity contribution in [3.63, 3.8) is 0 Å². The van der Waals surface area contributed by atoms with Crippen LogP contribution < -0.4 is 0 Å². The molecule has 2 rings (SSSR count). The number of non-ortho nitro benzene ring substituents is 1. The van der Waals surface area contributed by atoms with Crippen molar-refractivity contribution in [3.05, 3.63) is 39.9 Å². The molecule has 26 heavy (non-hydrogen) atoms. The van der Waals surface area contributed by atoms with E-state index in [4.69, 9.17) is 9.47 Å². The van der Waals surface area contributed by atoms with Gasteiger partial charge in [0.2, 0.25) is 0 Å². The van der Waals surface area contributed by atoms with E-state index in [2.05, 4.69) is 0 Å². The predicted molar refractivity (Wildman–Crippen MR) is 87.1 cm³/mol. The summed E-state index contributed by atoms with van der Waals surface area (Å²) in [5.41, 5.74) is -1.62. The van der Waals surface area contributed by atoms with Gasteiger partial charge in [-0.25, -0.2) is 0 Å². The zero-order chi connectivity index (χ0) is 19.6. The van der Waals surface area contributed by atoms with Gasteiger partial charge in [0.1, 0.15) is 5.92 Å². The first kappa shape index (κ1) is 19.5.